The quantitative estimate of drug-likeness (QED) is 0.793. The van der Waals surface area contributed by atoms with E-state index in [4.69, 9.17) is 0 Å². The van der Waals surface area contributed by atoms with Crippen LogP contribution >= 0.6 is 0 Å². The normalized spacial score (nSPS) is 20.7. The molecule has 1 N–H and O–H groups in total. The molecule has 1 unspecified atom stereocenters. The van der Waals surface area contributed by atoms with Crippen LogP contribution in [0.1, 0.15) is 18.9 Å². The highest BCUT2D eigenvalue weighted by atomic mass is 16.1. The Morgan fingerprint density at radius 3 is 2.73 bits per heavy atom. The molecule has 1 aliphatic heterocycles. The summed E-state index contributed by atoms with van der Waals surface area (Å²) in [7, 11) is 0. The van der Waals surface area contributed by atoms with Crippen molar-refractivity contribution in [3.63, 3.8) is 0 Å². The third-order valence-electron chi connectivity index (χ3n) is 2.58. The molecule has 0 fully saturated rings. The van der Waals surface area contributed by atoms with Crippen LogP contribution in [0.3, 0.4) is 0 Å². The summed E-state index contributed by atoms with van der Waals surface area (Å²) in [6.45, 7) is 1.94. The molecular formula is C13H15NO. The molecule has 2 heteroatoms. The van der Waals surface area contributed by atoms with E-state index in [2.05, 4.69) is 17.4 Å². The predicted molar refractivity (Wildman–Crippen MR) is 60.5 cm³/mol. The topological polar surface area (TPSA) is 29.1 Å². The number of benzene rings is 1. The molecule has 1 heterocycles. The Morgan fingerprint density at radius 1 is 1.33 bits per heavy atom. The van der Waals surface area contributed by atoms with Crippen molar-refractivity contribution in [3.05, 3.63) is 47.7 Å². The Bertz CT molecular complexity index is 381. The summed E-state index contributed by atoms with van der Waals surface area (Å²) < 4.78 is 0. The van der Waals surface area contributed by atoms with Crippen LogP contribution < -0.4 is 5.32 Å². The summed E-state index contributed by atoms with van der Waals surface area (Å²) in [6.07, 6.45) is 3.20. The predicted octanol–water partition coefficient (Wildman–Crippen LogP) is 2.06. The highest BCUT2D eigenvalue weighted by molar-refractivity contribution is 5.91. The first-order chi connectivity index (χ1) is 7.24. The molecule has 15 heavy (non-hydrogen) atoms. The van der Waals surface area contributed by atoms with E-state index < -0.39 is 0 Å². The summed E-state index contributed by atoms with van der Waals surface area (Å²) >= 11 is 0. The largest absolute Gasteiger partial charge is 0.385 e. The van der Waals surface area contributed by atoms with E-state index in [9.17, 15) is 4.79 Å². The van der Waals surface area contributed by atoms with Gasteiger partial charge in [-0.25, -0.2) is 0 Å². The van der Waals surface area contributed by atoms with Gasteiger partial charge < -0.3 is 5.32 Å². The summed E-state index contributed by atoms with van der Waals surface area (Å²) in [5, 5.41) is 3.34. The van der Waals surface area contributed by atoms with Crippen LogP contribution in [0.2, 0.25) is 0 Å². The highest BCUT2D eigenvalue weighted by Crippen LogP contribution is 2.12. The third kappa shape index (κ3) is 2.69. The van der Waals surface area contributed by atoms with E-state index in [1.165, 1.54) is 5.56 Å². The summed E-state index contributed by atoms with van der Waals surface area (Å²) in [4.78, 5) is 11.4. The fourth-order valence-electron chi connectivity index (χ4n) is 1.98. The third-order valence-corrected chi connectivity index (χ3v) is 2.58. The van der Waals surface area contributed by atoms with Crippen molar-refractivity contribution in [2.24, 2.45) is 0 Å². The van der Waals surface area contributed by atoms with Gasteiger partial charge in [0.15, 0.2) is 5.78 Å². The van der Waals surface area contributed by atoms with Gasteiger partial charge in [-0.05, 0) is 25.0 Å². The van der Waals surface area contributed by atoms with Crippen molar-refractivity contribution in [1.29, 1.82) is 0 Å². The molecule has 78 valence electrons. The fraction of sp³-hybridized carbons (Fsp3) is 0.308. The SMILES string of the molecule is CC1=CC(=O)CC(Cc2ccccc2)N1. The number of hydrogen-bond donors (Lipinski definition) is 1. The molecule has 0 radical (unpaired) electrons. The molecule has 0 saturated heterocycles. The van der Waals surface area contributed by atoms with Crippen molar-refractivity contribution < 1.29 is 4.79 Å². The number of allylic oxidation sites excluding steroid dienone is 2. The molecule has 0 aromatic heterocycles. The zero-order valence-electron chi connectivity index (χ0n) is 8.86. The van der Waals surface area contributed by atoms with E-state index in [1.54, 1.807) is 6.08 Å². The standard InChI is InChI=1S/C13H15NO/c1-10-7-13(15)9-12(14-10)8-11-5-3-2-4-6-11/h2-7,12,14H,8-9H2,1H3. The van der Waals surface area contributed by atoms with E-state index in [0.29, 0.717) is 6.42 Å². The molecular weight excluding hydrogens is 186 g/mol. The lowest BCUT2D eigenvalue weighted by Gasteiger charge is -2.23. The van der Waals surface area contributed by atoms with Crippen LogP contribution in [0.5, 0.6) is 0 Å². The maximum absolute atomic E-state index is 11.4. The smallest absolute Gasteiger partial charge is 0.159 e. The second-order valence-corrected chi connectivity index (χ2v) is 4.03. The molecule has 2 rings (SSSR count). The van der Waals surface area contributed by atoms with Gasteiger partial charge in [-0.2, -0.15) is 0 Å². The number of ketones is 1. The average Bonchev–Trinajstić information content (AvgIpc) is 2.17. The zero-order valence-corrected chi connectivity index (χ0v) is 8.86. The maximum atomic E-state index is 11.4. The van der Waals surface area contributed by atoms with Gasteiger partial charge in [0, 0.05) is 18.2 Å². The van der Waals surface area contributed by atoms with Crippen LogP contribution in [0, 0.1) is 0 Å². The van der Waals surface area contributed by atoms with Crippen LogP contribution in [-0.2, 0) is 11.2 Å². The first-order valence-electron chi connectivity index (χ1n) is 5.25. The number of hydrogen-bond acceptors (Lipinski definition) is 2. The molecule has 1 aliphatic rings. The Morgan fingerprint density at radius 2 is 2.07 bits per heavy atom. The van der Waals surface area contributed by atoms with Crippen molar-refractivity contribution in [3.8, 4) is 0 Å². The number of carbonyl (C=O) groups is 1. The Labute approximate surface area is 90.0 Å². The van der Waals surface area contributed by atoms with Crippen molar-refractivity contribution >= 4 is 5.78 Å². The van der Waals surface area contributed by atoms with E-state index >= 15 is 0 Å². The van der Waals surface area contributed by atoms with E-state index in [-0.39, 0.29) is 11.8 Å². The minimum Gasteiger partial charge on any atom is -0.385 e. The number of rotatable bonds is 2. The molecule has 1 aromatic carbocycles. The van der Waals surface area contributed by atoms with Gasteiger partial charge in [0.2, 0.25) is 0 Å². The molecule has 0 bridgehead atoms. The van der Waals surface area contributed by atoms with Crippen LogP contribution in [-0.4, -0.2) is 11.8 Å². The van der Waals surface area contributed by atoms with E-state index in [1.807, 2.05) is 25.1 Å². The second kappa shape index (κ2) is 4.30. The van der Waals surface area contributed by atoms with Gasteiger partial charge in [0.25, 0.3) is 0 Å². The molecule has 0 saturated carbocycles. The first kappa shape index (κ1) is 9.97. The van der Waals surface area contributed by atoms with Gasteiger partial charge in [0.1, 0.15) is 0 Å². The lowest BCUT2D eigenvalue weighted by molar-refractivity contribution is -0.115. The Hall–Kier alpha value is -1.57. The van der Waals surface area contributed by atoms with Gasteiger partial charge in [-0.1, -0.05) is 30.3 Å². The lowest BCUT2D eigenvalue weighted by atomic mass is 9.98. The van der Waals surface area contributed by atoms with Crippen molar-refractivity contribution in [2.45, 2.75) is 25.8 Å². The number of nitrogens with one attached hydrogen (secondary N) is 1. The molecule has 0 amide bonds. The van der Waals surface area contributed by atoms with Gasteiger partial charge in [-0.3, -0.25) is 4.79 Å². The van der Waals surface area contributed by atoms with Crippen LogP contribution in [0.15, 0.2) is 42.1 Å². The van der Waals surface area contributed by atoms with Crippen molar-refractivity contribution in [1.82, 2.24) is 5.32 Å². The van der Waals surface area contributed by atoms with Gasteiger partial charge >= 0.3 is 0 Å². The van der Waals surface area contributed by atoms with Crippen LogP contribution in [0.4, 0.5) is 0 Å². The maximum Gasteiger partial charge on any atom is 0.159 e. The van der Waals surface area contributed by atoms with Crippen LogP contribution in [0.25, 0.3) is 0 Å². The molecule has 0 spiro atoms. The Balaban J connectivity index is 2.02. The number of carbonyl (C=O) groups excluding carboxylic acids is 1. The lowest BCUT2D eigenvalue weighted by Crippen LogP contribution is -2.35. The summed E-state index contributed by atoms with van der Waals surface area (Å²) in [6, 6.07) is 10.5. The summed E-state index contributed by atoms with van der Waals surface area (Å²) in [5.41, 5.74) is 2.25. The minimum atomic E-state index is 0.229. The zero-order chi connectivity index (χ0) is 10.7. The average molecular weight is 201 g/mol. The molecule has 1 aromatic rings. The summed E-state index contributed by atoms with van der Waals surface area (Å²) in [5.74, 6) is 0.229. The highest BCUT2D eigenvalue weighted by Gasteiger charge is 2.17. The monoisotopic (exact) mass is 201 g/mol. The molecule has 0 aliphatic carbocycles. The van der Waals surface area contributed by atoms with Crippen molar-refractivity contribution in [2.75, 3.05) is 0 Å². The Kier molecular flexibility index (Phi) is 2.86. The minimum absolute atomic E-state index is 0.229. The first-order valence-corrected chi connectivity index (χ1v) is 5.25. The molecule has 1 atom stereocenters. The second-order valence-electron chi connectivity index (χ2n) is 4.03. The van der Waals surface area contributed by atoms with Gasteiger partial charge in [0.05, 0.1) is 0 Å². The van der Waals surface area contributed by atoms with E-state index in [0.717, 1.165) is 12.1 Å². The fourth-order valence-corrected chi connectivity index (χ4v) is 1.98. The molecule has 2 nitrogen and oxygen atoms in total. The van der Waals surface area contributed by atoms with Gasteiger partial charge in [-0.15, -0.1) is 0 Å².